The van der Waals surface area contributed by atoms with Crippen LogP contribution in [-0.2, 0) is 21.6 Å². The Hall–Kier alpha value is -1.70. The molecule has 1 aromatic carbocycles. The van der Waals surface area contributed by atoms with Gasteiger partial charge >= 0.3 is 0 Å². The Kier molecular flexibility index (Phi) is 10.9. The normalized spacial score (nSPS) is 25.9. The van der Waals surface area contributed by atoms with E-state index in [1.165, 1.54) is 5.56 Å². The van der Waals surface area contributed by atoms with Crippen LogP contribution in [0.4, 0.5) is 4.39 Å². The maximum absolute atomic E-state index is 13.6. The third-order valence-electron chi connectivity index (χ3n) is 9.19. The molecule has 0 aromatic heterocycles. The van der Waals surface area contributed by atoms with Crippen LogP contribution < -0.4 is 10.1 Å². The van der Waals surface area contributed by atoms with Gasteiger partial charge in [0, 0.05) is 51.1 Å². The highest BCUT2D eigenvalue weighted by Crippen LogP contribution is 2.46. The summed E-state index contributed by atoms with van der Waals surface area (Å²) in [5.74, 6) is 1.76. The van der Waals surface area contributed by atoms with E-state index in [9.17, 15) is 14.3 Å². The molecule has 7 heteroatoms. The lowest BCUT2D eigenvalue weighted by Gasteiger charge is -2.43. The van der Waals surface area contributed by atoms with Crippen molar-refractivity contribution in [2.45, 2.75) is 88.8 Å². The smallest absolute Gasteiger partial charge is 0.222 e. The van der Waals surface area contributed by atoms with E-state index in [2.05, 4.69) is 11.4 Å². The van der Waals surface area contributed by atoms with Gasteiger partial charge in [-0.3, -0.25) is 4.79 Å². The summed E-state index contributed by atoms with van der Waals surface area (Å²) in [5.41, 5.74) is 1.01. The molecule has 38 heavy (non-hydrogen) atoms. The number of methoxy groups -OCH3 is 1. The van der Waals surface area contributed by atoms with Crippen molar-refractivity contribution < 1.29 is 23.8 Å². The van der Waals surface area contributed by atoms with Crippen LogP contribution >= 0.6 is 0 Å². The van der Waals surface area contributed by atoms with Crippen LogP contribution in [0.15, 0.2) is 18.2 Å². The zero-order valence-corrected chi connectivity index (χ0v) is 23.6. The summed E-state index contributed by atoms with van der Waals surface area (Å²) < 4.78 is 24.9. The van der Waals surface area contributed by atoms with Gasteiger partial charge < -0.3 is 24.8 Å². The van der Waals surface area contributed by atoms with Gasteiger partial charge in [0.2, 0.25) is 5.91 Å². The number of nitrogens with one attached hydrogen (secondary N) is 1. The molecule has 2 heterocycles. The third-order valence-corrected chi connectivity index (χ3v) is 9.19. The number of likely N-dealkylation sites (tertiary alicyclic amines) is 1. The van der Waals surface area contributed by atoms with Crippen LogP contribution in [0.1, 0.15) is 81.8 Å². The van der Waals surface area contributed by atoms with Crippen LogP contribution in [0.3, 0.4) is 0 Å². The van der Waals surface area contributed by atoms with Crippen LogP contribution in [0.5, 0.6) is 5.75 Å². The Balaban J connectivity index is 1.45. The van der Waals surface area contributed by atoms with Crippen LogP contribution in [-0.4, -0.2) is 69.1 Å². The number of amides is 1. The number of halogens is 1. The molecule has 1 saturated heterocycles. The number of piperidine rings is 1. The second kappa shape index (κ2) is 14.1. The molecule has 0 unspecified atom stereocenters. The molecule has 214 valence electrons. The Morgan fingerprint density at radius 2 is 2.08 bits per heavy atom. The minimum Gasteiger partial charge on any atom is -0.493 e. The number of hydrogen-bond acceptors (Lipinski definition) is 5. The number of unbranched alkanes of at least 4 members (excludes halogenated alkanes) is 1. The Morgan fingerprint density at radius 3 is 2.84 bits per heavy atom. The summed E-state index contributed by atoms with van der Waals surface area (Å²) in [6.07, 6.45) is 9.05. The van der Waals surface area contributed by atoms with E-state index < -0.39 is 11.8 Å². The van der Waals surface area contributed by atoms with Gasteiger partial charge in [-0.25, -0.2) is 4.39 Å². The highest BCUT2D eigenvalue weighted by atomic mass is 19.1. The number of rotatable bonds is 13. The monoisotopic (exact) mass is 532 g/mol. The molecule has 2 N–H and O–H groups in total. The second-order valence-electron chi connectivity index (χ2n) is 11.9. The van der Waals surface area contributed by atoms with Crippen molar-refractivity contribution in [2.75, 3.05) is 47.0 Å². The van der Waals surface area contributed by atoms with Crippen molar-refractivity contribution >= 4 is 5.91 Å². The van der Waals surface area contributed by atoms with E-state index in [1.807, 2.05) is 24.1 Å². The fraction of sp³-hybridized carbons (Fsp3) is 0.774. The van der Waals surface area contributed by atoms with Crippen molar-refractivity contribution in [3.63, 3.8) is 0 Å². The quantitative estimate of drug-likeness (QED) is 0.350. The summed E-state index contributed by atoms with van der Waals surface area (Å²) in [7, 11) is 3.65. The number of carbonyl (C=O) groups is 1. The summed E-state index contributed by atoms with van der Waals surface area (Å²) in [4.78, 5) is 15.6. The summed E-state index contributed by atoms with van der Waals surface area (Å²) in [6.45, 7) is 3.45. The molecular weight excluding hydrogens is 483 g/mol. The van der Waals surface area contributed by atoms with Gasteiger partial charge in [0.1, 0.15) is 11.9 Å². The number of carbonyl (C=O) groups excluding carboxylic acids is 1. The van der Waals surface area contributed by atoms with Gasteiger partial charge in [-0.1, -0.05) is 18.2 Å². The Labute approximate surface area is 228 Å². The van der Waals surface area contributed by atoms with E-state index in [4.69, 9.17) is 9.47 Å². The van der Waals surface area contributed by atoms with Crippen LogP contribution in [0.25, 0.3) is 0 Å². The first-order valence-corrected chi connectivity index (χ1v) is 15.0. The Bertz CT molecular complexity index is 891. The molecule has 4 rings (SSSR count). The molecule has 1 aromatic rings. The molecule has 0 radical (unpaired) electrons. The first-order chi connectivity index (χ1) is 18.4. The van der Waals surface area contributed by atoms with E-state index >= 15 is 0 Å². The first-order valence-electron chi connectivity index (χ1n) is 15.0. The van der Waals surface area contributed by atoms with E-state index in [0.29, 0.717) is 51.4 Å². The van der Waals surface area contributed by atoms with Gasteiger partial charge in [-0.2, -0.15) is 0 Å². The predicted molar refractivity (Wildman–Crippen MR) is 148 cm³/mol. The molecule has 3 atom stereocenters. The Morgan fingerprint density at radius 1 is 1.26 bits per heavy atom. The van der Waals surface area contributed by atoms with Crippen molar-refractivity contribution in [1.29, 1.82) is 0 Å². The van der Waals surface area contributed by atoms with Crippen LogP contribution in [0, 0.1) is 17.8 Å². The zero-order chi connectivity index (χ0) is 27.0. The molecule has 6 nitrogen and oxygen atoms in total. The van der Waals surface area contributed by atoms with Crippen LogP contribution in [0.2, 0.25) is 0 Å². The molecule has 1 aliphatic carbocycles. The van der Waals surface area contributed by atoms with Gasteiger partial charge in [-0.05, 0) is 95.2 Å². The average Bonchev–Trinajstić information content (AvgIpc) is 3.42. The molecular formula is C31H49FN2O4. The molecule has 0 spiro atoms. The maximum atomic E-state index is 13.6. The second-order valence-corrected chi connectivity index (χ2v) is 11.9. The number of fused-ring (bicyclic) bond motifs is 1. The standard InChI is InChI=1S/C31H49FN2O4/c1-33-21-24(19-23-10-12-27(32)13-11-23)20-29(35)34-16-6-8-26(22-34)31(36,15-3-4-17-37-2)28-9-5-7-25-14-18-38-30(25)28/h5,7,9,23-24,26-27,33,36H,3-4,6,8,10-22H2,1-2H3/t23?,24-,26-,27?,31+/m1/s1. The summed E-state index contributed by atoms with van der Waals surface area (Å²) in [6, 6.07) is 6.15. The molecule has 2 fully saturated rings. The maximum Gasteiger partial charge on any atom is 0.222 e. The lowest BCUT2D eigenvalue weighted by molar-refractivity contribution is -0.138. The average molecular weight is 533 g/mol. The molecule has 1 saturated carbocycles. The highest BCUT2D eigenvalue weighted by molar-refractivity contribution is 5.76. The minimum absolute atomic E-state index is 0.0407. The molecule has 1 amide bonds. The predicted octanol–water partition coefficient (Wildman–Crippen LogP) is 5.01. The SMILES string of the molecule is CNC[C@@H](CC(=O)N1CCC[C@@H]([C@@](O)(CCCCOC)c2cccc3c2OCC3)C1)CC1CCC(F)CC1. The van der Waals surface area contributed by atoms with Crippen molar-refractivity contribution in [1.82, 2.24) is 10.2 Å². The molecule has 0 bridgehead atoms. The number of para-hydroxylation sites is 1. The highest BCUT2D eigenvalue weighted by Gasteiger charge is 2.43. The fourth-order valence-electron chi connectivity index (χ4n) is 7.08. The number of aliphatic hydroxyl groups is 1. The topological polar surface area (TPSA) is 71.0 Å². The zero-order valence-electron chi connectivity index (χ0n) is 23.6. The minimum atomic E-state index is -1.04. The van der Waals surface area contributed by atoms with Gasteiger partial charge in [0.25, 0.3) is 0 Å². The van der Waals surface area contributed by atoms with Crippen molar-refractivity contribution in [3.05, 3.63) is 29.3 Å². The van der Waals surface area contributed by atoms with Gasteiger partial charge in [-0.15, -0.1) is 0 Å². The fourth-order valence-corrected chi connectivity index (χ4v) is 7.08. The summed E-state index contributed by atoms with van der Waals surface area (Å²) >= 11 is 0. The largest absolute Gasteiger partial charge is 0.493 e. The number of hydrogen-bond donors (Lipinski definition) is 2. The number of benzene rings is 1. The number of nitrogens with zero attached hydrogens (tertiary/aromatic N) is 1. The number of ether oxygens (including phenoxy) is 2. The van der Waals surface area contributed by atoms with Gasteiger partial charge in [0.15, 0.2) is 0 Å². The lowest BCUT2D eigenvalue weighted by atomic mass is 9.73. The number of alkyl halides is 1. The first kappa shape index (κ1) is 29.3. The third kappa shape index (κ3) is 7.28. The van der Waals surface area contributed by atoms with E-state index in [0.717, 1.165) is 75.8 Å². The van der Waals surface area contributed by atoms with E-state index in [-0.39, 0.29) is 17.7 Å². The molecule has 3 aliphatic rings. The van der Waals surface area contributed by atoms with Crippen molar-refractivity contribution in [3.8, 4) is 5.75 Å². The molecule has 2 aliphatic heterocycles. The van der Waals surface area contributed by atoms with Crippen molar-refractivity contribution in [2.24, 2.45) is 17.8 Å². The van der Waals surface area contributed by atoms with Gasteiger partial charge in [0.05, 0.1) is 12.2 Å². The van der Waals surface area contributed by atoms with E-state index in [1.54, 1.807) is 7.11 Å². The summed E-state index contributed by atoms with van der Waals surface area (Å²) in [5, 5.41) is 15.7. The lowest BCUT2D eigenvalue weighted by Crippen LogP contribution is -2.48.